The third-order valence-corrected chi connectivity index (χ3v) is 1.56. The normalized spacial score (nSPS) is 8.53. The highest BCUT2D eigenvalue weighted by Crippen LogP contribution is 1.96. The van der Waals surface area contributed by atoms with Crippen molar-refractivity contribution in [2.75, 3.05) is 12.3 Å². The van der Waals surface area contributed by atoms with Gasteiger partial charge < -0.3 is 10.7 Å². The van der Waals surface area contributed by atoms with E-state index >= 15 is 0 Å². The lowest BCUT2D eigenvalue weighted by Crippen LogP contribution is -2.10. The molecular weight excluding hydrogens is 194 g/mol. The van der Waals surface area contributed by atoms with Crippen LogP contribution in [-0.4, -0.2) is 11.5 Å². The van der Waals surface area contributed by atoms with E-state index in [-0.39, 0.29) is 11.2 Å². The van der Waals surface area contributed by atoms with E-state index < -0.39 is 0 Å². The Balaban J connectivity index is 2.68. The van der Waals surface area contributed by atoms with E-state index in [4.69, 9.17) is 11.3 Å². The molecule has 0 bridgehead atoms. The Morgan fingerprint density at radius 2 is 2.47 bits per heavy atom. The molecule has 0 amide bonds. The number of pyridine rings is 1. The number of rotatable bonds is 2. The minimum atomic E-state index is -0.324. The van der Waals surface area contributed by atoms with Crippen molar-refractivity contribution in [1.29, 1.82) is 0 Å². The van der Waals surface area contributed by atoms with E-state index in [1.165, 1.54) is 12.3 Å². The Kier molecular flexibility index (Phi) is 3.83. The molecule has 1 heterocycles. The quantitative estimate of drug-likeness (QED) is 0.246. The van der Waals surface area contributed by atoms with Crippen LogP contribution in [0.4, 0.5) is 5.69 Å². The smallest absolute Gasteiger partial charge is 0.271 e. The van der Waals surface area contributed by atoms with E-state index in [9.17, 15) is 4.79 Å². The highest BCUT2D eigenvalue weighted by molar-refractivity contribution is 5.43. The van der Waals surface area contributed by atoms with E-state index in [0.717, 1.165) is 0 Å². The van der Waals surface area contributed by atoms with Crippen LogP contribution in [0.5, 0.6) is 0 Å². The van der Waals surface area contributed by atoms with E-state index in [2.05, 4.69) is 26.9 Å². The summed E-state index contributed by atoms with van der Waals surface area (Å²) in [6.45, 7) is 0.336. The molecule has 3 N–H and O–H groups in total. The zero-order chi connectivity index (χ0) is 11.1. The number of azide groups is 1. The third kappa shape index (κ3) is 3.46. The topological polar surface area (TPSA) is 108 Å². The summed E-state index contributed by atoms with van der Waals surface area (Å²) in [6.07, 6.45) is 1.96. The Labute approximate surface area is 85.7 Å². The van der Waals surface area contributed by atoms with Crippen LogP contribution in [0.2, 0.25) is 0 Å². The standard InChI is InChI=1S/C9H9N5O/c10-8-5-7(6-12-9(8)15)3-1-2-4-13-14-11/h5-6H,2,4,10H2,(H,12,15). The second kappa shape index (κ2) is 5.37. The van der Waals surface area contributed by atoms with Crippen LogP contribution in [0.1, 0.15) is 12.0 Å². The van der Waals surface area contributed by atoms with Gasteiger partial charge in [-0.15, -0.1) is 0 Å². The summed E-state index contributed by atoms with van der Waals surface area (Å²) in [4.78, 5) is 16.0. The van der Waals surface area contributed by atoms with Gasteiger partial charge in [-0.3, -0.25) is 4.79 Å². The number of hydrogen-bond acceptors (Lipinski definition) is 3. The van der Waals surface area contributed by atoms with Gasteiger partial charge in [-0.05, 0) is 11.6 Å². The summed E-state index contributed by atoms with van der Waals surface area (Å²) in [5, 5.41) is 3.33. The maximum atomic E-state index is 10.9. The summed E-state index contributed by atoms with van der Waals surface area (Å²) in [6, 6.07) is 1.50. The highest BCUT2D eigenvalue weighted by atomic mass is 16.1. The molecule has 0 aromatic carbocycles. The Hall–Kier alpha value is -2.38. The molecule has 15 heavy (non-hydrogen) atoms. The van der Waals surface area contributed by atoms with Gasteiger partial charge in [-0.2, -0.15) is 0 Å². The van der Waals surface area contributed by atoms with Gasteiger partial charge in [0.15, 0.2) is 0 Å². The lowest BCUT2D eigenvalue weighted by molar-refractivity contribution is 1.01. The van der Waals surface area contributed by atoms with Crippen LogP contribution in [0.25, 0.3) is 10.4 Å². The summed E-state index contributed by atoms with van der Waals surface area (Å²) in [5.41, 5.74) is 13.8. The number of aromatic nitrogens is 1. The Morgan fingerprint density at radius 3 is 3.13 bits per heavy atom. The number of H-pyrrole nitrogens is 1. The number of nitrogen functional groups attached to an aromatic ring is 1. The average Bonchev–Trinajstić information content (AvgIpc) is 2.23. The predicted octanol–water partition coefficient (Wildman–Crippen LogP) is 1.01. The zero-order valence-electron chi connectivity index (χ0n) is 7.90. The summed E-state index contributed by atoms with van der Waals surface area (Å²) < 4.78 is 0. The SMILES string of the molecule is [N-]=[N+]=NCCC#Cc1c[nH]c(=O)c(N)c1. The minimum Gasteiger partial charge on any atom is -0.394 e. The molecule has 1 aromatic rings. The molecule has 0 radical (unpaired) electrons. The molecule has 0 aliphatic heterocycles. The zero-order valence-corrected chi connectivity index (χ0v) is 7.90. The first kappa shape index (κ1) is 10.7. The van der Waals surface area contributed by atoms with Gasteiger partial charge in [-0.25, -0.2) is 0 Å². The first-order chi connectivity index (χ1) is 7.24. The molecule has 1 aromatic heterocycles. The van der Waals surface area contributed by atoms with Crippen LogP contribution in [0.3, 0.4) is 0 Å². The number of nitrogens with one attached hydrogen (secondary N) is 1. The molecule has 6 nitrogen and oxygen atoms in total. The Bertz CT molecular complexity index is 501. The van der Waals surface area contributed by atoms with Gasteiger partial charge in [0.2, 0.25) is 0 Å². The lowest BCUT2D eigenvalue weighted by Gasteiger charge is -1.91. The van der Waals surface area contributed by atoms with Gasteiger partial charge in [0.05, 0.1) is 5.69 Å². The second-order valence-electron chi connectivity index (χ2n) is 2.68. The number of aromatic amines is 1. The molecule has 0 spiro atoms. The van der Waals surface area contributed by atoms with Crippen LogP contribution in [0, 0.1) is 11.8 Å². The van der Waals surface area contributed by atoms with Crippen LogP contribution in [0.15, 0.2) is 22.2 Å². The number of hydrogen-bond donors (Lipinski definition) is 2. The molecule has 0 saturated heterocycles. The van der Waals surface area contributed by atoms with Crippen molar-refractivity contribution in [3.05, 3.63) is 38.6 Å². The van der Waals surface area contributed by atoms with Crippen LogP contribution in [-0.2, 0) is 0 Å². The van der Waals surface area contributed by atoms with Crippen molar-refractivity contribution in [2.24, 2.45) is 5.11 Å². The highest BCUT2D eigenvalue weighted by Gasteiger charge is 1.93. The number of nitrogens with zero attached hydrogens (tertiary/aromatic N) is 3. The van der Waals surface area contributed by atoms with Crippen LogP contribution >= 0.6 is 0 Å². The molecule has 6 heteroatoms. The van der Waals surface area contributed by atoms with Gasteiger partial charge in [0.1, 0.15) is 0 Å². The molecule has 0 aliphatic rings. The maximum absolute atomic E-state index is 10.9. The van der Waals surface area contributed by atoms with Gasteiger partial charge in [0.25, 0.3) is 5.56 Å². The molecule has 1 rings (SSSR count). The van der Waals surface area contributed by atoms with Crippen molar-refractivity contribution in [3.8, 4) is 11.8 Å². The van der Waals surface area contributed by atoms with Crippen molar-refractivity contribution >= 4 is 5.69 Å². The van der Waals surface area contributed by atoms with E-state index in [1.54, 1.807) is 0 Å². The van der Waals surface area contributed by atoms with Gasteiger partial charge >= 0.3 is 0 Å². The largest absolute Gasteiger partial charge is 0.394 e. The number of nitrogens with two attached hydrogens (primary N) is 1. The van der Waals surface area contributed by atoms with Crippen molar-refractivity contribution in [2.45, 2.75) is 6.42 Å². The fourth-order valence-electron chi connectivity index (χ4n) is 0.889. The van der Waals surface area contributed by atoms with E-state index in [1.807, 2.05) is 0 Å². The van der Waals surface area contributed by atoms with Crippen molar-refractivity contribution < 1.29 is 0 Å². The Morgan fingerprint density at radius 1 is 1.67 bits per heavy atom. The molecule has 0 fully saturated rings. The molecule has 0 aliphatic carbocycles. The minimum absolute atomic E-state index is 0.136. The lowest BCUT2D eigenvalue weighted by atomic mass is 10.2. The van der Waals surface area contributed by atoms with Gasteiger partial charge in [-0.1, -0.05) is 17.0 Å². The fraction of sp³-hybridized carbons (Fsp3) is 0.222. The van der Waals surface area contributed by atoms with Gasteiger partial charge in [0, 0.05) is 29.6 Å². The molecule has 0 unspecified atom stereocenters. The first-order valence-electron chi connectivity index (χ1n) is 4.22. The molecule has 0 saturated carbocycles. The average molecular weight is 203 g/mol. The summed E-state index contributed by atoms with van der Waals surface area (Å²) in [7, 11) is 0. The monoisotopic (exact) mass is 203 g/mol. The first-order valence-corrected chi connectivity index (χ1v) is 4.22. The van der Waals surface area contributed by atoms with E-state index in [0.29, 0.717) is 18.5 Å². The third-order valence-electron chi connectivity index (χ3n) is 1.56. The van der Waals surface area contributed by atoms with Crippen LogP contribution < -0.4 is 11.3 Å². The second-order valence-corrected chi connectivity index (χ2v) is 2.68. The summed E-state index contributed by atoms with van der Waals surface area (Å²) in [5.74, 6) is 5.58. The fourth-order valence-corrected chi connectivity index (χ4v) is 0.889. The van der Waals surface area contributed by atoms with Crippen molar-refractivity contribution in [3.63, 3.8) is 0 Å². The molecular formula is C9H9N5O. The van der Waals surface area contributed by atoms with Crippen molar-refractivity contribution in [1.82, 2.24) is 4.98 Å². The number of anilines is 1. The molecule has 0 atom stereocenters. The predicted molar refractivity (Wildman–Crippen MR) is 57.0 cm³/mol. The molecule has 76 valence electrons. The summed E-state index contributed by atoms with van der Waals surface area (Å²) >= 11 is 0. The maximum Gasteiger partial charge on any atom is 0.271 e.